The first kappa shape index (κ1) is 17.1. The van der Waals surface area contributed by atoms with Gasteiger partial charge in [-0.3, -0.25) is 14.5 Å². The fraction of sp³-hybridized carbons (Fsp3) is 0.706. The van der Waals surface area contributed by atoms with E-state index in [0.717, 1.165) is 25.3 Å². The predicted octanol–water partition coefficient (Wildman–Crippen LogP) is 0.0204. The van der Waals surface area contributed by atoms with Crippen molar-refractivity contribution in [2.45, 2.75) is 50.6 Å². The van der Waals surface area contributed by atoms with E-state index in [9.17, 15) is 9.59 Å². The Morgan fingerprint density at radius 3 is 2.83 bits per heavy atom. The van der Waals surface area contributed by atoms with Crippen molar-refractivity contribution in [2.24, 2.45) is 11.7 Å². The Morgan fingerprint density at radius 1 is 1.33 bits per heavy atom. The summed E-state index contributed by atoms with van der Waals surface area (Å²) >= 11 is 0. The number of carbonyl (C=O) groups excluding carboxylic acids is 1. The molecular weight excluding hydrogens is 306 g/mol. The Kier molecular flexibility index (Phi) is 5.63. The van der Waals surface area contributed by atoms with Crippen molar-refractivity contribution in [1.29, 1.82) is 0 Å². The number of likely N-dealkylation sites (tertiary alicyclic amines) is 1. The van der Waals surface area contributed by atoms with Gasteiger partial charge in [-0.2, -0.15) is 0 Å². The minimum atomic E-state index is -0.166. The van der Waals surface area contributed by atoms with Crippen molar-refractivity contribution >= 4 is 5.91 Å². The fourth-order valence-corrected chi connectivity index (χ4v) is 3.55. The molecule has 0 spiro atoms. The van der Waals surface area contributed by atoms with Crippen LogP contribution in [0.2, 0.25) is 0 Å². The van der Waals surface area contributed by atoms with E-state index in [1.54, 1.807) is 0 Å². The normalized spacial score (nSPS) is 24.2. The zero-order valence-electron chi connectivity index (χ0n) is 14.0. The fourth-order valence-electron chi connectivity index (χ4n) is 3.55. The van der Waals surface area contributed by atoms with Crippen LogP contribution in [0, 0.1) is 5.92 Å². The van der Waals surface area contributed by atoms with Crippen LogP contribution in [0.5, 0.6) is 0 Å². The molecule has 1 amide bonds. The van der Waals surface area contributed by atoms with Crippen LogP contribution in [-0.4, -0.2) is 52.5 Å². The third-order valence-electron chi connectivity index (χ3n) is 5.07. The summed E-state index contributed by atoms with van der Waals surface area (Å²) in [6, 6.07) is 2.22. The maximum absolute atomic E-state index is 12.2. The summed E-state index contributed by atoms with van der Waals surface area (Å²) in [6.07, 6.45) is 7.27. The van der Waals surface area contributed by atoms with Crippen molar-refractivity contribution in [3.8, 4) is 0 Å². The largest absolute Gasteiger partial charge is 0.356 e. The third kappa shape index (κ3) is 4.64. The first-order valence-electron chi connectivity index (χ1n) is 8.92. The molecule has 1 aliphatic carbocycles. The molecule has 2 aliphatic rings. The SMILES string of the molecule is NC[C@H]1CC[C@@H](CC(=O)NCCc2cc(=O)[nH]cn2)N1CC1CC1. The molecule has 4 N–H and O–H groups in total. The molecule has 0 bridgehead atoms. The number of aromatic amines is 1. The highest BCUT2D eigenvalue weighted by Gasteiger charge is 2.37. The van der Waals surface area contributed by atoms with Gasteiger partial charge in [0.2, 0.25) is 5.91 Å². The van der Waals surface area contributed by atoms with Gasteiger partial charge in [-0.15, -0.1) is 0 Å². The Labute approximate surface area is 142 Å². The Morgan fingerprint density at radius 2 is 2.12 bits per heavy atom. The molecule has 24 heavy (non-hydrogen) atoms. The van der Waals surface area contributed by atoms with Gasteiger partial charge in [-0.1, -0.05) is 0 Å². The number of rotatable bonds is 8. The number of nitrogens with one attached hydrogen (secondary N) is 2. The molecule has 0 aromatic carbocycles. The summed E-state index contributed by atoms with van der Waals surface area (Å²) in [4.78, 5) is 32.5. The van der Waals surface area contributed by atoms with Gasteiger partial charge in [-0.25, -0.2) is 4.98 Å². The predicted molar refractivity (Wildman–Crippen MR) is 91.5 cm³/mol. The first-order chi connectivity index (χ1) is 11.7. The van der Waals surface area contributed by atoms with E-state index in [2.05, 4.69) is 20.2 Å². The molecule has 2 atom stereocenters. The molecule has 2 heterocycles. The van der Waals surface area contributed by atoms with Crippen LogP contribution in [0.3, 0.4) is 0 Å². The van der Waals surface area contributed by atoms with Crippen LogP contribution < -0.4 is 16.6 Å². The third-order valence-corrected chi connectivity index (χ3v) is 5.07. The molecule has 7 heteroatoms. The molecule has 3 rings (SSSR count). The van der Waals surface area contributed by atoms with Gasteiger partial charge in [0.15, 0.2) is 0 Å². The van der Waals surface area contributed by atoms with E-state index >= 15 is 0 Å². The van der Waals surface area contributed by atoms with Gasteiger partial charge in [0, 0.05) is 56.3 Å². The smallest absolute Gasteiger partial charge is 0.250 e. The van der Waals surface area contributed by atoms with E-state index in [1.165, 1.54) is 25.2 Å². The summed E-state index contributed by atoms with van der Waals surface area (Å²) in [5.41, 5.74) is 6.42. The quantitative estimate of drug-likeness (QED) is 0.622. The van der Waals surface area contributed by atoms with Crippen molar-refractivity contribution < 1.29 is 4.79 Å². The van der Waals surface area contributed by atoms with E-state index < -0.39 is 0 Å². The second-order valence-corrected chi connectivity index (χ2v) is 6.97. The molecule has 1 aromatic rings. The average molecular weight is 333 g/mol. The lowest BCUT2D eigenvalue weighted by molar-refractivity contribution is -0.122. The lowest BCUT2D eigenvalue weighted by atomic mass is 10.1. The van der Waals surface area contributed by atoms with E-state index in [4.69, 9.17) is 5.73 Å². The number of hydrogen-bond acceptors (Lipinski definition) is 5. The minimum absolute atomic E-state index is 0.0725. The highest BCUT2D eigenvalue weighted by atomic mass is 16.1. The number of hydrogen-bond donors (Lipinski definition) is 3. The minimum Gasteiger partial charge on any atom is -0.356 e. The Balaban J connectivity index is 1.44. The highest BCUT2D eigenvalue weighted by Crippen LogP contribution is 2.35. The molecular formula is C17H27N5O2. The second-order valence-electron chi connectivity index (χ2n) is 6.97. The van der Waals surface area contributed by atoms with Crippen LogP contribution >= 0.6 is 0 Å². The zero-order valence-corrected chi connectivity index (χ0v) is 14.0. The second kappa shape index (κ2) is 7.90. The van der Waals surface area contributed by atoms with Gasteiger partial charge in [0.1, 0.15) is 0 Å². The maximum atomic E-state index is 12.2. The number of nitrogens with two attached hydrogens (primary N) is 1. The number of H-pyrrole nitrogens is 1. The summed E-state index contributed by atoms with van der Waals surface area (Å²) in [5.74, 6) is 0.883. The molecule has 132 valence electrons. The van der Waals surface area contributed by atoms with Gasteiger partial charge in [0.25, 0.3) is 5.56 Å². The average Bonchev–Trinajstić information content (AvgIpc) is 3.30. The summed E-state index contributed by atoms with van der Waals surface area (Å²) in [6.45, 7) is 2.28. The van der Waals surface area contributed by atoms with Gasteiger partial charge >= 0.3 is 0 Å². The molecule has 7 nitrogen and oxygen atoms in total. The number of amides is 1. The van der Waals surface area contributed by atoms with Crippen LogP contribution in [0.15, 0.2) is 17.2 Å². The number of nitrogens with zero attached hydrogens (tertiary/aromatic N) is 2. The van der Waals surface area contributed by atoms with Crippen molar-refractivity contribution in [2.75, 3.05) is 19.6 Å². The van der Waals surface area contributed by atoms with E-state index in [1.807, 2.05) is 0 Å². The summed E-state index contributed by atoms with van der Waals surface area (Å²) < 4.78 is 0. The van der Waals surface area contributed by atoms with Crippen LogP contribution in [-0.2, 0) is 11.2 Å². The first-order valence-corrected chi connectivity index (χ1v) is 8.92. The summed E-state index contributed by atoms with van der Waals surface area (Å²) in [7, 11) is 0. The van der Waals surface area contributed by atoms with Crippen molar-refractivity contribution in [3.05, 3.63) is 28.4 Å². The van der Waals surface area contributed by atoms with Crippen LogP contribution in [0.4, 0.5) is 0 Å². The molecule has 0 radical (unpaired) electrons. The lowest BCUT2D eigenvalue weighted by Crippen LogP contribution is -2.43. The monoisotopic (exact) mass is 333 g/mol. The topological polar surface area (TPSA) is 104 Å². The van der Waals surface area contributed by atoms with Gasteiger partial charge in [-0.05, 0) is 31.6 Å². The zero-order chi connectivity index (χ0) is 16.9. The number of carbonyl (C=O) groups is 1. The van der Waals surface area contributed by atoms with Crippen LogP contribution in [0.25, 0.3) is 0 Å². The molecule has 1 aliphatic heterocycles. The molecule has 1 aromatic heterocycles. The maximum Gasteiger partial charge on any atom is 0.250 e. The number of aromatic nitrogens is 2. The van der Waals surface area contributed by atoms with Crippen molar-refractivity contribution in [3.63, 3.8) is 0 Å². The van der Waals surface area contributed by atoms with E-state index in [-0.39, 0.29) is 11.5 Å². The Hall–Kier alpha value is -1.73. The molecule has 2 fully saturated rings. The molecule has 1 saturated carbocycles. The highest BCUT2D eigenvalue weighted by molar-refractivity contribution is 5.76. The van der Waals surface area contributed by atoms with Gasteiger partial charge in [0.05, 0.1) is 6.33 Å². The van der Waals surface area contributed by atoms with Crippen LogP contribution in [0.1, 0.15) is 37.8 Å². The van der Waals surface area contributed by atoms with Crippen molar-refractivity contribution in [1.82, 2.24) is 20.2 Å². The molecule has 0 unspecified atom stereocenters. The standard InChI is InChI=1S/C17H27N5O2/c18-9-15-4-3-14(22(15)10-12-1-2-12)8-17(24)19-6-5-13-7-16(23)21-11-20-13/h7,11-12,14-15H,1-6,8-10,18H2,(H,19,24)(H,20,21,23)/t14-,15+/m0/s1. The molecule has 1 saturated heterocycles. The lowest BCUT2D eigenvalue weighted by Gasteiger charge is -2.29. The van der Waals surface area contributed by atoms with E-state index in [0.29, 0.717) is 43.7 Å². The Bertz CT molecular complexity index is 613. The summed E-state index contributed by atoms with van der Waals surface area (Å²) in [5, 5.41) is 2.95. The van der Waals surface area contributed by atoms with Gasteiger partial charge < -0.3 is 16.0 Å².